The summed E-state index contributed by atoms with van der Waals surface area (Å²) in [7, 11) is 0. The molecule has 0 aliphatic heterocycles. The molecule has 1 aliphatic carbocycles. The molecule has 53 heavy (non-hydrogen) atoms. The van der Waals surface area contributed by atoms with Crippen LogP contribution in [0.1, 0.15) is 25.0 Å². The van der Waals surface area contributed by atoms with Crippen molar-refractivity contribution in [1.82, 2.24) is 0 Å². The van der Waals surface area contributed by atoms with Gasteiger partial charge in [0.15, 0.2) is 0 Å². The van der Waals surface area contributed by atoms with Crippen LogP contribution in [0.15, 0.2) is 192 Å². The van der Waals surface area contributed by atoms with Crippen LogP contribution in [0.25, 0.3) is 66.4 Å². The number of anilines is 3. The molecule has 0 fully saturated rings. The van der Waals surface area contributed by atoms with Crippen LogP contribution in [0.5, 0.6) is 0 Å². The van der Waals surface area contributed by atoms with Gasteiger partial charge in [-0.3, -0.25) is 0 Å². The van der Waals surface area contributed by atoms with Gasteiger partial charge in [0.05, 0.1) is 0 Å². The van der Waals surface area contributed by atoms with Crippen molar-refractivity contribution in [2.24, 2.45) is 0 Å². The zero-order valence-electron chi connectivity index (χ0n) is 29.8. The van der Waals surface area contributed by atoms with Crippen LogP contribution in [-0.2, 0) is 5.41 Å². The van der Waals surface area contributed by atoms with E-state index in [0.717, 1.165) is 44.6 Å². The summed E-state index contributed by atoms with van der Waals surface area (Å²) in [4.78, 5) is 2.34. The molecule has 8 aromatic carbocycles. The molecule has 10 rings (SSSR count). The third-order valence-electron chi connectivity index (χ3n) is 11.1. The number of para-hydroxylation sites is 1. The van der Waals surface area contributed by atoms with Crippen molar-refractivity contribution in [3.8, 4) is 44.5 Å². The van der Waals surface area contributed by atoms with Crippen LogP contribution in [0, 0.1) is 0 Å². The average Bonchev–Trinajstić information content (AvgIpc) is 3.71. The summed E-state index contributed by atoms with van der Waals surface area (Å²) in [5.74, 6) is 0. The molecule has 2 nitrogen and oxygen atoms in total. The van der Waals surface area contributed by atoms with E-state index in [0.29, 0.717) is 0 Å². The summed E-state index contributed by atoms with van der Waals surface area (Å²) in [5.41, 5.74) is 17.7. The zero-order chi connectivity index (χ0) is 35.5. The number of nitrogens with zero attached hydrogens (tertiary/aromatic N) is 1. The Bertz CT molecular complexity index is 2770. The minimum atomic E-state index is -0.000745. The standard InChI is InChI=1S/C51H37NO/c1-51(2)46-16-8-6-13-43(46)45-33-38(25-32-47(45)51)36-21-28-40(29-22-36)52(39-26-19-35(20-27-39)34-11-4-3-5-12-34)41-30-23-37(24-31-41)42-15-10-18-49-50(42)44-14-7-9-17-48(44)53-49/h3-33H,1-2H3. The van der Waals surface area contributed by atoms with Crippen LogP contribution in [-0.4, -0.2) is 0 Å². The van der Waals surface area contributed by atoms with Gasteiger partial charge in [0.2, 0.25) is 0 Å². The zero-order valence-corrected chi connectivity index (χ0v) is 29.8. The number of hydrogen-bond donors (Lipinski definition) is 0. The van der Waals surface area contributed by atoms with E-state index in [9.17, 15) is 0 Å². The summed E-state index contributed by atoms with van der Waals surface area (Å²) in [6.07, 6.45) is 0. The van der Waals surface area contributed by atoms with Gasteiger partial charge >= 0.3 is 0 Å². The van der Waals surface area contributed by atoms with E-state index >= 15 is 0 Å². The smallest absolute Gasteiger partial charge is 0.136 e. The maximum atomic E-state index is 6.21. The van der Waals surface area contributed by atoms with Gasteiger partial charge in [-0.25, -0.2) is 0 Å². The van der Waals surface area contributed by atoms with Crippen LogP contribution >= 0.6 is 0 Å². The molecule has 0 saturated heterocycles. The lowest BCUT2D eigenvalue weighted by Crippen LogP contribution is -2.14. The molecule has 0 amide bonds. The van der Waals surface area contributed by atoms with Gasteiger partial charge in [-0.1, -0.05) is 147 Å². The fraction of sp³-hybridized carbons (Fsp3) is 0.0588. The van der Waals surface area contributed by atoms with Gasteiger partial charge in [-0.05, 0) is 110 Å². The Hall–Kier alpha value is -6.64. The Labute approximate surface area is 310 Å². The summed E-state index contributed by atoms with van der Waals surface area (Å²) in [6, 6.07) is 67.8. The van der Waals surface area contributed by atoms with Gasteiger partial charge in [-0.2, -0.15) is 0 Å². The van der Waals surface area contributed by atoms with Gasteiger partial charge < -0.3 is 9.32 Å². The first kappa shape index (κ1) is 31.1. The summed E-state index contributed by atoms with van der Waals surface area (Å²) in [5, 5.41) is 2.29. The van der Waals surface area contributed by atoms with Gasteiger partial charge in [0, 0.05) is 33.2 Å². The average molecular weight is 680 g/mol. The topological polar surface area (TPSA) is 16.4 Å². The first-order valence-corrected chi connectivity index (χ1v) is 18.3. The van der Waals surface area contributed by atoms with E-state index in [4.69, 9.17) is 4.42 Å². The molecule has 9 aromatic rings. The first-order chi connectivity index (χ1) is 26.0. The predicted octanol–water partition coefficient (Wildman–Crippen LogP) is 14.4. The number of rotatable bonds is 6. The maximum Gasteiger partial charge on any atom is 0.136 e. The van der Waals surface area contributed by atoms with Crippen LogP contribution in [0.2, 0.25) is 0 Å². The Morgan fingerprint density at radius 3 is 1.60 bits per heavy atom. The van der Waals surface area contributed by atoms with E-state index in [-0.39, 0.29) is 5.41 Å². The number of furan rings is 1. The molecule has 252 valence electrons. The molecule has 0 bridgehead atoms. The van der Waals surface area contributed by atoms with E-state index in [2.05, 4.69) is 195 Å². The van der Waals surface area contributed by atoms with Gasteiger partial charge in [0.25, 0.3) is 0 Å². The van der Waals surface area contributed by atoms with Gasteiger partial charge in [-0.15, -0.1) is 0 Å². The molecule has 2 heteroatoms. The first-order valence-electron chi connectivity index (χ1n) is 18.3. The minimum Gasteiger partial charge on any atom is -0.456 e. The molecule has 1 aromatic heterocycles. The number of fused-ring (bicyclic) bond motifs is 6. The maximum absolute atomic E-state index is 6.21. The Morgan fingerprint density at radius 1 is 0.377 bits per heavy atom. The van der Waals surface area contributed by atoms with Crippen molar-refractivity contribution in [3.63, 3.8) is 0 Å². The largest absolute Gasteiger partial charge is 0.456 e. The van der Waals surface area contributed by atoms with Crippen molar-refractivity contribution in [2.45, 2.75) is 19.3 Å². The Kier molecular flexibility index (Phi) is 7.19. The number of benzene rings is 8. The quantitative estimate of drug-likeness (QED) is 0.174. The highest BCUT2D eigenvalue weighted by Gasteiger charge is 2.35. The second-order valence-corrected chi connectivity index (χ2v) is 14.5. The Morgan fingerprint density at radius 2 is 0.887 bits per heavy atom. The van der Waals surface area contributed by atoms with Crippen molar-refractivity contribution in [1.29, 1.82) is 0 Å². The third-order valence-corrected chi connectivity index (χ3v) is 11.1. The van der Waals surface area contributed by atoms with Crippen molar-refractivity contribution < 1.29 is 4.42 Å². The highest BCUT2D eigenvalue weighted by molar-refractivity contribution is 6.12. The lowest BCUT2D eigenvalue weighted by molar-refractivity contribution is 0.660. The molecule has 1 aliphatic rings. The fourth-order valence-electron chi connectivity index (χ4n) is 8.39. The molecule has 0 atom stereocenters. The minimum absolute atomic E-state index is 0.000745. The second kappa shape index (κ2) is 12.3. The molecule has 0 spiro atoms. The van der Waals surface area contributed by atoms with Gasteiger partial charge in [0.1, 0.15) is 11.2 Å². The van der Waals surface area contributed by atoms with Crippen molar-refractivity contribution in [3.05, 3.63) is 199 Å². The monoisotopic (exact) mass is 679 g/mol. The summed E-state index contributed by atoms with van der Waals surface area (Å²) < 4.78 is 6.21. The molecule has 0 saturated carbocycles. The van der Waals surface area contributed by atoms with E-state index in [1.165, 1.54) is 50.1 Å². The summed E-state index contributed by atoms with van der Waals surface area (Å²) >= 11 is 0. The predicted molar refractivity (Wildman–Crippen MR) is 222 cm³/mol. The fourth-order valence-corrected chi connectivity index (χ4v) is 8.39. The normalized spacial score (nSPS) is 12.9. The number of hydrogen-bond acceptors (Lipinski definition) is 2. The molecule has 0 N–H and O–H groups in total. The molecular weight excluding hydrogens is 643 g/mol. The lowest BCUT2D eigenvalue weighted by Gasteiger charge is -2.26. The van der Waals surface area contributed by atoms with E-state index < -0.39 is 0 Å². The third kappa shape index (κ3) is 5.18. The molecule has 0 unspecified atom stereocenters. The highest BCUT2D eigenvalue weighted by atomic mass is 16.3. The van der Waals surface area contributed by atoms with Crippen LogP contribution in [0.4, 0.5) is 17.1 Å². The van der Waals surface area contributed by atoms with Crippen molar-refractivity contribution >= 4 is 39.0 Å². The summed E-state index contributed by atoms with van der Waals surface area (Å²) in [6.45, 7) is 4.67. The lowest BCUT2D eigenvalue weighted by atomic mass is 9.82. The second-order valence-electron chi connectivity index (χ2n) is 14.5. The molecular formula is C51H37NO. The van der Waals surface area contributed by atoms with E-state index in [1.807, 2.05) is 12.1 Å². The van der Waals surface area contributed by atoms with E-state index in [1.54, 1.807) is 0 Å². The van der Waals surface area contributed by atoms with Crippen molar-refractivity contribution in [2.75, 3.05) is 4.90 Å². The Balaban J connectivity index is 1.04. The van der Waals surface area contributed by atoms with Crippen LogP contribution < -0.4 is 4.90 Å². The SMILES string of the molecule is CC1(C)c2ccccc2-c2cc(-c3ccc(N(c4ccc(-c5ccccc5)cc4)c4ccc(-c5cccc6oc7ccccc7c56)cc4)cc3)ccc21. The molecule has 0 radical (unpaired) electrons. The highest BCUT2D eigenvalue weighted by Crippen LogP contribution is 2.49. The molecule has 1 heterocycles. The van der Waals surface area contributed by atoms with Crippen LogP contribution in [0.3, 0.4) is 0 Å².